The van der Waals surface area contributed by atoms with E-state index in [-0.39, 0.29) is 0 Å². The first-order valence-electron chi connectivity index (χ1n) is 6.44. The predicted molar refractivity (Wildman–Crippen MR) is 75.1 cm³/mol. The Hall–Kier alpha value is -0.860. The van der Waals surface area contributed by atoms with Gasteiger partial charge in [0.2, 0.25) is 0 Å². The van der Waals surface area contributed by atoms with Crippen LogP contribution < -0.4 is 5.32 Å². The first kappa shape index (κ1) is 14.2. The third kappa shape index (κ3) is 3.83. The van der Waals surface area contributed by atoms with Gasteiger partial charge in [-0.15, -0.1) is 0 Å². The van der Waals surface area contributed by atoms with Crippen LogP contribution in [0.2, 0.25) is 0 Å². The molecule has 2 heteroatoms. The minimum absolute atomic E-state index is 0.476. The minimum atomic E-state index is 0.476. The summed E-state index contributed by atoms with van der Waals surface area (Å²) in [6.45, 7) is 5.66. The van der Waals surface area contributed by atoms with Crippen molar-refractivity contribution in [3.63, 3.8) is 0 Å². The maximum atomic E-state index is 3.33. The summed E-state index contributed by atoms with van der Waals surface area (Å²) in [5, 5.41) is 3.33. The van der Waals surface area contributed by atoms with Gasteiger partial charge in [0.05, 0.1) is 0 Å². The highest BCUT2D eigenvalue weighted by Crippen LogP contribution is 2.31. The molecule has 1 aromatic carbocycles. The first-order chi connectivity index (χ1) is 8.07. The molecular formula is C15H26N2. The van der Waals surface area contributed by atoms with E-state index >= 15 is 0 Å². The molecule has 2 unspecified atom stereocenters. The molecule has 0 aliphatic rings. The summed E-state index contributed by atoms with van der Waals surface area (Å²) in [4.78, 5) is 2.33. The van der Waals surface area contributed by atoms with Gasteiger partial charge in [-0.1, -0.05) is 44.2 Å². The topological polar surface area (TPSA) is 15.3 Å². The second-order valence-electron chi connectivity index (χ2n) is 5.28. The Morgan fingerprint density at radius 2 is 1.71 bits per heavy atom. The molecule has 96 valence electrons. The predicted octanol–water partition coefficient (Wildman–Crippen LogP) is 2.78. The van der Waals surface area contributed by atoms with E-state index in [1.165, 1.54) is 5.56 Å². The van der Waals surface area contributed by atoms with Gasteiger partial charge in [0.15, 0.2) is 0 Å². The average molecular weight is 234 g/mol. The molecule has 17 heavy (non-hydrogen) atoms. The van der Waals surface area contributed by atoms with Gasteiger partial charge < -0.3 is 10.2 Å². The van der Waals surface area contributed by atoms with Crippen LogP contribution in [-0.2, 0) is 0 Å². The van der Waals surface area contributed by atoms with Crippen molar-refractivity contribution in [3.05, 3.63) is 35.9 Å². The van der Waals surface area contributed by atoms with Gasteiger partial charge in [0.1, 0.15) is 0 Å². The molecule has 2 nitrogen and oxygen atoms in total. The van der Waals surface area contributed by atoms with Gasteiger partial charge in [-0.05, 0) is 45.1 Å². The van der Waals surface area contributed by atoms with E-state index in [1.807, 2.05) is 7.05 Å². The molecule has 1 N–H and O–H groups in total. The van der Waals surface area contributed by atoms with Gasteiger partial charge in [0, 0.05) is 6.04 Å². The monoisotopic (exact) mass is 234 g/mol. The average Bonchev–Trinajstić information content (AvgIpc) is 2.29. The highest BCUT2D eigenvalue weighted by Gasteiger charge is 2.26. The van der Waals surface area contributed by atoms with Crippen LogP contribution in [0.25, 0.3) is 0 Å². The fourth-order valence-corrected chi connectivity index (χ4v) is 2.53. The minimum Gasteiger partial charge on any atom is -0.319 e. The second-order valence-corrected chi connectivity index (χ2v) is 5.28. The first-order valence-corrected chi connectivity index (χ1v) is 6.44. The molecule has 0 fully saturated rings. The third-order valence-corrected chi connectivity index (χ3v) is 3.40. The van der Waals surface area contributed by atoms with Crippen molar-refractivity contribution in [2.75, 3.05) is 27.7 Å². The van der Waals surface area contributed by atoms with Crippen LogP contribution in [0.1, 0.15) is 25.5 Å². The lowest BCUT2D eigenvalue weighted by Gasteiger charge is -2.35. The van der Waals surface area contributed by atoms with Gasteiger partial charge in [-0.3, -0.25) is 0 Å². The SMILES string of the molecule is CNCC(C(C)C)C(c1ccccc1)N(C)C. The number of nitrogens with zero attached hydrogens (tertiary/aromatic N) is 1. The Morgan fingerprint density at radius 3 is 2.12 bits per heavy atom. The molecule has 0 aromatic heterocycles. The Bertz CT molecular complexity index is 306. The summed E-state index contributed by atoms with van der Waals surface area (Å²) < 4.78 is 0. The zero-order valence-electron chi connectivity index (χ0n) is 11.8. The molecular weight excluding hydrogens is 208 g/mol. The quantitative estimate of drug-likeness (QED) is 0.814. The molecule has 0 spiro atoms. The van der Waals surface area contributed by atoms with Crippen LogP contribution in [0, 0.1) is 11.8 Å². The number of hydrogen-bond donors (Lipinski definition) is 1. The number of rotatable bonds is 6. The fourth-order valence-electron chi connectivity index (χ4n) is 2.53. The lowest BCUT2D eigenvalue weighted by molar-refractivity contribution is 0.169. The molecule has 1 aromatic rings. The van der Waals surface area contributed by atoms with E-state index in [1.54, 1.807) is 0 Å². The van der Waals surface area contributed by atoms with Gasteiger partial charge >= 0.3 is 0 Å². The Morgan fingerprint density at radius 1 is 1.12 bits per heavy atom. The van der Waals surface area contributed by atoms with E-state index in [9.17, 15) is 0 Å². The van der Waals surface area contributed by atoms with Crippen LogP contribution in [0.3, 0.4) is 0 Å². The van der Waals surface area contributed by atoms with Crippen LogP contribution in [0.15, 0.2) is 30.3 Å². The van der Waals surface area contributed by atoms with E-state index in [4.69, 9.17) is 0 Å². The highest BCUT2D eigenvalue weighted by atomic mass is 15.1. The molecule has 0 aliphatic carbocycles. The van der Waals surface area contributed by atoms with E-state index in [0.29, 0.717) is 17.9 Å². The molecule has 2 atom stereocenters. The molecule has 0 saturated heterocycles. The van der Waals surface area contributed by atoms with Crippen molar-refractivity contribution >= 4 is 0 Å². The Kier molecular flexibility index (Phi) is 5.66. The van der Waals surface area contributed by atoms with Crippen LogP contribution in [0.5, 0.6) is 0 Å². The summed E-state index contributed by atoms with van der Waals surface area (Å²) in [5.41, 5.74) is 1.41. The second kappa shape index (κ2) is 6.77. The van der Waals surface area contributed by atoms with Crippen molar-refractivity contribution < 1.29 is 0 Å². The molecule has 0 amide bonds. The van der Waals surface area contributed by atoms with Crippen molar-refractivity contribution in [3.8, 4) is 0 Å². The van der Waals surface area contributed by atoms with Crippen LogP contribution in [0.4, 0.5) is 0 Å². The summed E-state index contributed by atoms with van der Waals surface area (Å²) in [6.07, 6.45) is 0. The van der Waals surface area contributed by atoms with Crippen LogP contribution >= 0.6 is 0 Å². The molecule has 0 saturated carbocycles. The summed E-state index contributed by atoms with van der Waals surface area (Å²) in [7, 11) is 6.37. The summed E-state index contributed by atoms with van der Waals surface area (Å²) >= 11 is 0. The van der Waals surface area contributed by atoms with E-state index < -0.39 is 0 Å². The third-order valence-electron chi connectivity index (χ3n) is 3.40. The summed E-state index contributed by atoms with van der Waals surface area (Å²) in [5.74, 6) is 1.28. The van der Waals surface area contributed by atoms with Crippen molar-refractivity contribution in [2.45, 2.75) is 19.9 Å². The van der Waals surface area contributed by atoms with E-state index in [2.05, 4.69) is 68.5 Å². The van der Waals surface area contributed by atoms with Crippen molar-refractivity contribution in [1.29, 1.82) is 0 Å². The maximum absolute atomic E-state index is 3.33. The highest BCUT2D eigenvalue weighted by molar-refractivity contribution is 5.20. The number of hydrogen-bond acceptors (Lipinski definition) is 2. The molecule has 0 aliphatic heterocycles. The zero-order chi connectivity index (χ0) is 12.8. The Labute approximate surface area is 106 Å². The van der Waals surface area contributed by atoms with Gasteiger partial charge in [-0.2, -0.15) is 0 Å². The normalized spacial score (nSPS) is 15.2. The van der Waals surface area contributed by atoms with Crippen molar-refractivity contribution in [2.24, 2.45) is 11.8 Å². The molecule has 0 radical (unpaired) electrons. The number of nitrogens with one attached hydrogen (secondary N) is 1. The molecule has 0 bridgehead atoms. The van der Waals surface area contributed by atoms with Crippen LogP contribution in [-0.4, -0.2) is 32.6 Å². The molecule has 0 heterocycles. The largest absolute Gasteiger partial charge is 0.319 e. The fraction of sp³-hybridized carbons (Fsp3) is 0.600. The zero-order valence-corrected chi connectivity index (χ0v) is 11.8. The Balaban J connectivity index is 2.98. The maximum Gasteiger partial charge on any atom is 0.0384 e. The van der Waals surface area contributed by atoms with Gasteiger partial charge in [-0.25, -0.2) is 0 Å². The number of benzene rings is 1. The lowest BCUT2D eigenvalue weighted by atomic mass is 9.83. The van der Waals surface area contributed by atoms with Crippen molar-refractivity contribution in [1.82, 2.24) is 10.2 Å². The lowest BCUT2D eigenvalue weighted by Crippen LogP contribution is -2.36. The standard InChI is InChI=1S/C15H26N2/c1-12(2)14(11-16-3)15(17(4)5)13-9-7-6-8-10-13/h6-10,12,14-16H,11H2,1-5H3. The smallest absolute Gasteiger partial charge is 0.0384 e. The van der Waals surface area contributed by atoms with Gasteiger partial charge in [0.25, 0.3) is 0 Å². The summed E-state index contributed by atoms with van der Waals surface area (Å²) in [6, 6.07) is 11.3. The molecule has 1 rings (SSSR count). The van der Waals surface area contributed by atoms with E-state index in [0.717, 1.165) is 6.54 Å².